The maximum absolute atomic E-state index is 11.3. The van der Waals surface area contributed by atoms with Crippen LogP contribution < -0.4 is 0 Å². The minimum Gasteiger partial charge on any atom is -0.355 e. The Hall–Kier alpha value is -1.61. The van der Waals surface area contributed by atoms with Crippen molar-refractivity contribution < 1.29 is 9.32 Å². The lowest BCUT2D eigenvalue weighted by Gasteiger charge is -2.00. The average Bonchev–Trinajstić information content (AvgIpc) is 2.67. The monoisotopic (exact) mass is 221 g/mol. The molecule has 0 aliphatic heterocycles. The van der Waals surface area contributed by atoms with Crippen LogP contribution in [0.3, 0.4) is 0 Å². The lowest BCUT2D eigenvalue weighted by Crippen LogP contribution is -1.91. The molecule has 0 saturated carbocycles. The maximum atomic E-state index is 11.3. The summed E-state index contributed by atoms with van der Waals surface area (Å²) in [7, 11) is 0. The Bertz CT molecular complexity index is 505. The lowest BCUT2D eigenvalue weighted by atomic mass is 10.1. The van der Waals surface area contributed by atoms with Gasteiger partial charge in [0.2, 0.25) is 0 Å². The molecule has 0 atom stereocenters. The van der Waals surface area contributed by atoms with E-state index in [0.29, 0.717) is 21.9 Å². The summed E-state index contributed by atoms with van der Waals surface area (Å²) in [6, 6.07) is 7.17. The number of aromatic nitrogens is 1. The molecular weight excluding hydrogens is 214 g/mol. The van der Waals surface area contributed by atoms with E-state index in [1.54, 1.807) is 12.1 Å². The number of ketones is 1. The fourth-order valence-corrected chi connectivity index (χ4v) is 1.55. The van der Waals surface area contributed by atoms with Crippen molar-refractivity contribution >= 4 is 17.4 Å². The van der Waals surface area contributed by atoms with Gasteiger partial charge in [-0.2, -0.15) is 0 Å². The topological polar surface area (TPSA) is 43.1 Å². The molecule has 1 aromatic heterocycles. The van der Waals surface area contributed by atoms with Crippen molar-refractivity contribution in [1.82, 2.24) is 5.16 Å². The van der Waals surface area contributed by atoms with E-state index >= 15 is 0 Å². The highest BCUT2D eigenvalue weighted by Crippen LogP contribution is 2.30. The van der Waals surface area contributed by atoms with Crippen LogP contribution in [0.25, 0.3) is 11.3 Å². The highest BCUT2D eigenvalue weighted by Gasteiger charge is 2.16. The van der Waals surface area contributed by atoms with Gasteiger partial charge in [-0.1, -0.05) is 28.9 Å². The van der Waals surface area contributed by atoms with Crippen LogP contribution in [0.2, 0.25) is 5.02 Å². The standard InChI is InChI=1S/C11H8ClNO2/c1-7(14)9-6-13-15-11(9)8-4-2-3-5-10(8)12/h2-6H,1H3. The fourth-order valence-electron chi connectivity index (χ4n) is 1.33. The van der Waals surface area contributed by atoms with Crippen molar-refractivity contribution in [3.63, 3.8) is 0 Å². The average molecular weight is 222 g/mol. The minimum absolute atomic E-state index is 0.0915. The zero-order valence-corrected chi connectivity index (χ0v) is 8.78. The quantitative estimate of drug-likeness (QED) is 0.732. The van der Waals surface area contributed by atoms with Crippen LogP contribution >= 0.6 is 11.6 Å². The predicted octanol–water partition coefficient (Wildman–Crippen LogP) is 3.20. The van der Waals surface area contributed by atoms with Gasteiger partial charge in [-0.15, -0.1) is 0 Å². The Labute approximate surface area is 91.6 Å². The van der Waals surface area contributed by atoms with Crippen molar-refractivity contribution in [3.8, 4) is 11.3 Å². The number of benzene rings is 1. The Morgan fingerprint density at radius 3 is 2.80 bits per heavy atom. The molecule has 15 heavy (non-hydrogen) atoms. The van der Waals surface area contributed by atoms with Crippen molar-refractivity contribution in [2.75, 3.05) is 0 Å². The molecular formula is C11H8ClNO2. The van der Waals surface area contributed by atoms with E-state index in [-0.39, 0.29) is 5.78 Å². The van der Waals surface area contributed by atoms with E-state index in [9.17, 15) is 4.79 Å². The Balaban J connectivity index is 2.59. The SMILES string of the molecule is CC(=O)c1cnoc1-c1ccccc1Cl. The third-order valence-electron chi connectivity index (χ3n) is 2.07. The van der Waals surface area contributed by atoms with Crippen LogP contribution in [-0.2, 0) is 0 Å². The molecule has 0 unspecified atom stereocenters. The number of carbonyl (C=O) groups excluding carboxylic acids is 1. The molecule has 0 fully saturated rings. The second-order valence-electron chi connectivity index (χ2n) is 3.10. The van der Waals surface area contributed by atoms with Gasteiger partial charge in [0.15, 0.2) is 11.5 Å². The van der Waals surface area contributed by atoms with Gasteiger partial charge in [0.05, 0.1) is 16.8 Å². The minimum atomic E-state index is -0.0915. The summed E-state index contributed by atoms with van der Waals surface area (Å²) >= 11 is 5.99. The first kappa shape index (κ1) is 9.93. The number of nitrogens with zero attached hydrogens (tertiary/aromatic N) is 1. The van der Waals surface area contributed by atoms with Gasteiger partial charge in [0.1, 0.15) is 0 Å². The van der Waals surface area contributed by atoms with Crippen LogP contribution in [0.4, 0.5) is 0 Å². The molecule has 76 valence electrons. The summed E-state index contributed by atoms with van der Waals surface area (Å²) in [5.41, 5.74) is 1.13. The Kier molecular flexibility index (Phi) is 2.56. The van der Waals surface area contributed by atoms with Crippen LogP contribution in [0.1, 0.15) is 17.3 Å². The van der Waals surface area contributed by atoms with Crippen LogP contribution in [0.5, 0.6) is 0 Å². The first-order valence-corrected chi connectivity index (χ1v) is 4.78. The first-order chi connectivity index (χ1) is 7.20. The van der Waals surface area contributed by atoms with Gasteiger partial charge < -0.3 is 4.52 Å². The van der Waals surface area contributed by atoms with Gasteiger partial charge in [-0.05, 0) is 19.1 Å². The normalized spacial score (nSPS) is 10.3. The molecule has 0 aliphatic carbocycles. The van der Waals surface area contributed by atoms with Gasteiger partial charge in [-0.3, -0.25) is 4.79 Å². The zero-order chi connectivity index (χ0) is 10.8. The highest BCUT2D eigenvalue weighted by molar-refractivity contribution is 6.33. The second-order valence-corrected chi connectivity index (χ2v) is 3.51. The molecule has 0 amide bonds. The van der Waals surface area contributed by atoms with Crippen LogP contribution in [0.15, 0.2) is 35.0 Å². The summed E-state index contributed by atoms with van der Waals surface area (Å²) in [6.07, 6.45) is 1.40. The number of hydrogen-bond donors (Lipinski definition) is 0. The molecule has 0 spiro atoms. The fraction of sp³-hybridized carbons (Fsp3) is 0.0909. The number of Topliss-reactive ketones (excluding diaryl/α,β-unsaturated/α-hetero) is 1. The zero-order valence-electron chi connectivity index (χ0n) is 8.03. The number of carbonyl (C=O) groups is 1. The smallest absolute Gasteiger partial charge is 0.179 e. The van der Waals surface area contributed by atoms with Crippen molar-refractivity contribution in [2.24, 2.45) is 0 Å². The third kappa shape index (κ3) is 1.78. The molecule has 2 rings (SSSR count). The molecule has 2 aromatic rings. The molecule has 0 radical (unpaired) electrons. The summed E-state index contributed by atoms with van der Waals surface area (Å²) in [6.45, 7) is 1.47. The Morgan fingerprint density at radius 2 is 2.13 bits per heavy atom. The van der Waals surface area contributed by atoms with Gasteiger partial charge in [-0.25, -0.2) is 0 Å². The van der Waals surface area contributed by atoms with E-state index in [0.717, 1.165) is 0 Å². The molecule has 0 N–H and O–H groups in total. The second kappa shape index (κ2) is 3.87. The van der Waals surface area contributed by atoms with E-state index in [1.807, 2.05) is 12.1 Å². The Morgan fingerprint density at radius 1 is 1.40 bits per heavy atom. The van der Waals surface area contributed by atoms with Gasteiger partial charge >= 0.3 is 0 Å². The summed E-state index contributed by atoms with van der Waals surface area (Å²) in [5.74, 6) is 0.333. The van der Waals surface area contributed by atoms with E-state index in [2.05, 4.69) is 5.16 Å². The summed E-state index contributed by atoms with van der Waals surface area (Å²) in [4.78, 5) is 11.3. The van der Waals surface area contributed by atoms with Gasteiger partial charge in [0.25, 0.3) is 0 Å². The first-order valence-electron chi connectivity index (χ1n) is 4.40. The third-order valence-corrected chi connectivity index (χ3v) is 2.40. The van der Waals surface area contributed by atoms with Crippen molar-refractivity contribution in [1.29, 1.82) is 0 Å². The molecule has 3 nitrogen and oxygen atoms in total. The molecule has 0 bridgehead atoms. The maximum Gasteiger partial charge on any atom is 0.179 e. The molecule has 1 aromatic carbocycles. The van der Waals surface area contributed by atoms with E-state index in [4.69, 9.17) is 16.1 Å². The molecule has 1 heterocycles. The lowest BCUT2D eigenvalue weighted by molar-refractivity contribution is 0.101. The van der Waals surface area contributed by atoms with Crippen LogP contribution in [0, 0.1) is 0 Å². The molecule has 4 heteroatoms. The predicted molar refractivity (Wildman–Crippen MR) is 57.0 cm³/mol. The molecule has 0 aliphatic rings. The van der Waals surface area contributed by atoms with E-state index < -0.39 is 0 Å². The molecule has 0 saturated heterocycles. The highest BCUT2D eigenvalue weighted by atomic mass is 35.5. The summed E-state index contributed by atoms with van der Waals surface area (Å²) in [5, 5.41) is 4.15. The van der Waals surface area contributed by atoms with Crippen molar-refractivity contribution in [3.05, 3.63) is 41.0 Å². The van der Waals surface area contributed by atoms with E-state index in [1.165, 1.54) is 13.1 Å². The number of rotatable bonds is 2. The van der Waals surface area contributed by atoms with Gasteiger partial charge in [0, 0.05) is 5.56 Å². The van der Waals surface area contributed by atoms with Crippen molar-refractivity contribution in [2.45, 2.75) is 6.92 Å². The summed E-state index contributed by atoms with van der Waals surface area (Å²) < 4.78 is 5.04. The number of halogens is 1. The van der Waals surface area contributed by atoms with Crippen LogP contribution in [-0.4, -0.2) is 10.9 Å². The largest absolute Gasteiger partial charge is 0.355 e. The number of hydrogen-bond acceptors (Lipinski definition) is 3.